The van der Waals surface area contributed by atoms with Gasteiger partial charge < -0.3 is 9.30 Å². The standard InChI is InChI=1S/C11H16ClN3O2/c1-14-9(12)6-13-10(14)7-15-5-3-4-8(15)11(16)17-2/h6,8H,3-5,7H2,1-2H3. The smallest absolute Gasteiger partial charge is 0.323 e. The number of hydrogen-bond acceptors (Lipinski definition) is 4. The molecule has 5 nitrogen and oxygen atoms in total. The Kier molecular flexibility index (Phi) is 3.69. The fraction of sp³-hybridized carbons (Fsp3) is 0.636. The van der Waals surface area contributed by atoms with E-state index in [0.717, 1.165) is 25.2 Å². The van der Waals surface area contributed by atoms with Crippen molar-refractivity contribution < 1.29 is 9.53 Å². The van der Waals surface area contributed by atoms with Crippen LogP contribution in [0.15, 0.2) is 6.20 Å². The van der Waals surface area contributed by atoms with Gasteiger partial charge in [0.15, 0.2) is 0 Å². The molecule has 1 atom stereocenters. The zero-order valence-corrected chi connectivity index (χ0v) is 10.8. The van der Waals surface area contributed by atoms with Crippen LogP contribution in [-0.2, 0) is 23.1 Å². The highest BCUT2D eigenvalue weighted by Crippen LogP contribution is 2.21. The lowest BCUT2D eigenvalue weighted by Gasteiger charge is -2.21. The van der Waals surface area contributed by atoms with Crippen molar-refractivity contribution in [3.05, 3.63) is 17.2 Å². The Bertz CT molecular complexity index is 419. The molecule has 2 rings (SSSR count). The molecule has 1 aliphatic rings. The summed E-state index contributed by atoms with van der Waals surface area (Å²) < 4.78 is 6.63. The average Bonchev–Trinajstić information content (AvgIpc) is 2.90. The van der Waals surface area contributed by atoms with Crippen LogP contribution in [0, 0.1) is 0 Å². The number of ether oxygens (including phenoxy) is 1. The molecule has 0 aromatic carbocycles. The van der Waals surface area contributed by atoms with Gasteiger partial charge in [0.05, 0.1) is 19.9 Å². The van der Waals surface area contributed by atoms with E-state index in [1.165, 1.54) is 7.11 Å². The fourth-order valence-electron chi connectivity index (χ4n) is 2.17. The summed E-state index contributed by atoms with van der Waals surface area (Å²) in [5.74, 6) is 0.702. The first kappa shape index (κ1) is 12.4. The zero-order chi connectivity index (χ0) is 12.4. The van der Waals surface area contributed by atoms with E-state index in [0.29, 0.717) is 11.7 Å². The van der Waals surface area contributed by atoms with Crippen molar-refractivity contribution in [2.45, 2.75) is 25.4 Å². The summed E-state index contributed by atoms with van der Waals surface area (Å²) in [6.07, 6.45) is 3.49. The molecule has 6 heteroatoms. The molecular weight excluding hydrogens is 242 g/mol. The number of hydrogen-bond donors (Lipinski definition) is 0. The molecule has 2 heterocycles. The van der Waals surface area contributed by atoms with Crippen LogP contribution in [-0.4, -0.2) is 40.1 Å². The topological polar surface area (TPSA) is 47.4 Å². The second kappa shape index (κ2) is 5.06. The van der Waals surface area contributed by atoms with Gasteiger partial charge in [-0.1, -0.05) is 11.6 Å². The number of nitrogens with zero attached hydrogens (tertiary/aromatic N) is 3. The molecule has 1 aromatic heterocycles. The van der Waals surface area contributed by atoms with Crippen molar-refractivity contribution in [2.24, 2.45) is 7.05 Å². The largest absolute Gasteiger partial charge is 0.468 e. The predicted molar refractivity (Wildman–Crippen MR) is 63.7 cm³/mol. The number of rotatable bonds is 3. The van der Waals surface area contributed by atoms with Gasteiger partial charge in [0.2, 0.25) is 0 Å². The van der Waals surface area contributed by atoms with Gasteiger partial charge in [-0.2, -0.15) is 0 Å². The number of methoxy groups -OCH3 is 1. The first-order valence-electron chi connectivity index (χ1n) is 5.61. The molecule has 1 saturated heterocycles. The Morgan fingerprint density at radius 3 is 3.06 bits per heavy atom. The maximum atomic E-state index is 11.6. The van der Waals surface area contributed by atoms with E-state index in [1.807, 2.05) is 11.6 Å². The molecule has 1 aromatic rings. The number of carbonyl (C=O) groups is 1. The molecule has 1 aliphatic heterocycles. The van der Waals surface area contributed by atoms with E-state index < -0.39 is 0 Å². The number of carbonyl (C=O) groups excluding carboxylic acids is 1. The van der Waals surface area contributed by atoms with E-state index in [-0.39, 0.29) is 12.0 Å². The highest BCUT2D eigenvalue weighted by atomic mass is 35.5. The Labute approximate surface area is 105 Å². The van der Waals surface area contributed by atoms with Crippen LogP contribution in [0.25, 0.3) is 0 Å². The summed E-state index contributed by atoms with van der Waals surface area (Å²) in [5.41, 5.74) is 0. The molecule has 17 heavy (non-hydrogen) atoms. The van der Waals surface area contributed by atoms with E-state index in [1.54, 1.807) is 6.20 Å². The quantitative estimate of drug-likeness (QED) is 0.764. The zero-order valence-electron chi connectivity index (χ0n) is 10.0. The Hall–Kier alpha value is -1.07. The normalized spacial score (nSPS) is 20.8. The number of imidazole rings is 1. The Morgan fingerprint density at radius 2 is 2.47 bits per heavy atom. The van der Waals surface area contributed by atoms with E-state index >= 15 is 0 Å². The molecule has 0 amide bonds. The maximum Gasteiger partial charge on any atom is 0.323 e. The number of likely N-dealkylation sites (tertiary alicyclic amines) is 1. The summed E-state index contributed by atoms with van der Waals surface area (Å²) >= 11 is 5.93. The monoisotopic (exact) mass is 257 g/mol. The third-order valence-electron chi connectivity index (χ3n) is 3.21. The fourth-order valence-corrected chi connectivity index (χ4v) is 2.32. The lowest BCUT2D eigenvalue weighted by atomic mass is 10.2. The molecule has 94 valence electrons. The van der Waals surface area contributed by atoms with E-state index in [2.05, 4.69) is 9.88 Å². The third kappa shape index (κ3) is 2.45. The maximum absolute atomic E-state index is 11.6. The van der Waals surface area contributed by atoms with Crippen LogP contribution in [0.2, 0.25) is 5.15 Å². The minimum atomic E-state index is -0.164. The first-order chi connectivity index (χ1) is 8.13. The molecule has 0 aliphatic carbocycles. The van der Waals surface area contributed by atoms with E-state index in [4.69, 9.17) is 16.3 Å². The molecule has 0 N–H and O–H groups in total. The highest BCUT2D eigenvalue weighted by molar-refractivity contribution is 6.29. The molecule has 1 fully saturated rings. The van der Waals surface area contributed by atoms with Crippen LogP contribution in [0.4, 0.5) is 0 Å². The minimum Gasteiger partial charge on any atom is -0.468 e. The number of esters is 1. The van der Waals surface area contributed by atoms with Gasteiger partial charge in [0.25, 0.3) is 0 Å². The Morgan fingerprint density at radius 1 is 1.71 bits per heavy atom. The molecule has 0 spiro atoms. The van der Waals surface area contributed by atoms with Crippen LogP contribution >= 0.6 is 11.6 Å². The number of aromatic nitrogens is 2. The van der Waals surface area contributed by atoms with Crippen molar-refractivity contribution in [2.75, 3.05) is 13.7 Å². The molecule has 1 unspecified atom stereocenters. The van der Waals surface area contributed by atoms with Crippen LogP contribution in [0.1, 0.15) is 18.7 Å². The Balaban J connectivity index is 2.08. The van der Waals surface area contributed by atoms with Crippen molar-refractivity contribution >= 4 is 17.6 Å². The van der Waals surface area contributed by atoms with Crippen LogP contribution in [0.5, 0.6) is 0 Å². The van der Waals surface area contributed by atoms with Crippen molar-refractivity contribution in [1.29, 1.82) is 0 Å². The van der Waals surface area contributed by atoms with Gasteiger partial charge in [-0.25, -0.2) is 4.98 Å². The summed E-state index contributed by atoms with van der Waals surface area (Å²) in [4.78, 5) is 17.9. The third-order valence-corrected chi connectivity index (χ3v) is 3.56. The van der Waals surface area contributed by atoms with Crippen molar-refractivity contribution in [1.82, 2.24) is 14.5 Å². The van der Waals surface area contributed by atoms with E-state index in [9.17, 15) is 4.79 Å². The van der Waals surface area contributed by atoms with Gasteiger partial charge in [0, 0.05) is 7.05 Å². The predicted octanol–water partition coefficient (Wildman–Crippen LogP) is 1.21. The van der Waals surface area contributed by atoms with Crippen LogP contribution in [0.3, 0.4) is 0 Å². The van der Waals surface area contributed by atoms with Gasteiger partial charge in [-0.15, -0.1) is 0 Å². The first-order valence-corrected chi connectivity index (χ1v) is 5.99. The summed E-state index contributed by atoms with van der Waals surface area (Å²) in [6.45, 7) is 1.52. The lowest BCUT2D eigenvalue weighted by molar-refractivity contribution is -0.146. The van der Waals surface area contributed by atoms with Gasteiger partial charge in [0.1, 0.15) is 17.0 Å². The number of halogens is 1. The van der Waals surface area contributed by atoms with Crippen molar-refractivity contribution in [3.8, 4) is 0 Å². The second-order valence-electron chi connectivity index (χ2n) is 4.21. The summed E-state index contributed by atoms with van der Waals surface area (Å²) in [7, 11) is 3.30. The molecular formula is C11H16ClN3O2. The SMILES string of the molecule is COC(=O)C1CCCN1Cc1ncc(Cl)n1C. The van der Waals surface area contributed by atoms with Gasteiger partial charge in [-0.05, 0) is 19.4 Å². The average molecular weight is 258 g/mol. The minimum absolute atomic E-state index is 0.143. The molecule has 0 bridgehead atoms. The summed E-state index contributed by atoms with van der Waals surface area (Å²) in [5, 5.41) is 0.605. The lowest BCUT2D eigenvalue weighted by Crippen LogP contribution is -2.36. The van der Waals surface area contributed by atoms with Gasteiger partial charge in [-0.3, -0.25) is 9.69 Å². The molecule has 0 radical (unpaired) electrons. The second-order valence-corrected chi connectivity index (χ2v) is 4.60. The summed E-state index contributed by atoms with van der Waals surface area (Å²) in [6, 6.07) is -0.143. The highest BCUT2D eigenvalue weighted by Gasteiger charge is 2.32. The van der Waals surface area contributed by atoms with Crippen LogP contribution < -0.4 is 0 Å². The molecule has 0 saturated carbocycles. The van der Waals surface area contributed by atoms with Crippen molar-refractivity contribution in [3.63, 3.8) is 0 Å². The van der Waals surface area contributed by atoms with Gasteiger partial charge >= 0.3 is 5.97 Å².